The molecule has 35 heavy (non-hydrogen) atoms. The first-order chi connectivity index (χ1) is 17.0. The Hall–Kier alpha value is -2.98. The summed E-state index contributed by atoms with van der Waals surface area (Å²) in [6.07, 6.45) is 6.07. The Morgan fingerprint density at radius 2 is 1.94 bits per heavy atom. The van der Waals surface area contributed by atoms with Crippen LogP contribution in [0.25, 0.3) is 0 Å². The maximum absolute atomic E-state index is 14.6. The molecule has 9 nitrogen and oxygen atoms in total. The highest BCUT2D eigenvalue weighted by Gasteiger charge is 2.29. The fraction of sp³-hybridized carbons (Fsp3) is 0.560. The molecule has 10 heteroatoms. The van der Waals surface area contributed by atoms with Crippen LogP contribution in [0.2, 0.25) is 0 Å². The number of morpholine rings is 1. The molecule has 2 aliphatic heterocycles. The van der Waals surface area contributed by atoms with E-state index in [4.69, 9.17) is 9.47 Å². The van der Waals surface area contributed by atoms with E-state index in [9.17, 15) is 9.50 Å². The minimum atomic E-state index is -0.796. The van der Waals surface area contributed by atoms with Crippen molar-refractivity contribution in [3.8, 4) is 5.75 Å². The van der Waals surface area contributed by atoms with Crippen LogP contribution in [0, 0.1) is 5.82 Å². The Kier molecular flexibility index (Phi) is 7.01. The van der Waals surface area contributed by atoms with Crippen LogP contribution in [0.3, 0.4) is 0 Å². The summed E-state index contributed by atoms with van der Waals surface area (Å²) in [4.78, 5) is 16.7. The van der Waals surface area contributed by atoms with Gasteiger partial charge in [0.15, 0.2) is 17.9 Å². The molecule has 1 aliphatic carbocycles. The Morgan fingerprint density at radius 1 is 1.17 bits per heavy atom. The lowest BCUT2D eigenvalue weighted by Gasteiger charge is -2.35. The van der Waals surface area contributed by atoms with Crippen LogP contribution in [-0.4, -0.2) is 73.0 Å². The van der Waals surface area contributed by atoms with Gasteiger partial charge in [-0.05, 0) is 38.2 Å². The standard InChI is InChI=1S/C25H33FN6O3/c1-3-19-23(26)25(29-15-28-19)30-16-4-6-18(7-5-16)35-21-13-17(32-8-10-34-11-9-32)12-20-24(21)31(2)22(33)14-27-20/h12-16,18,22,33H,3-11H2,1-2H3,(H,28,29,30)/t16-,18+,22?. The molecule has 1 atom stereocenters. The highest BCUT2D eigenvalue weighted by atomic mass is 19.1. The quantitative estimate of drug-likeness (QED) is 0.645. The number of nitrogens with zero attached hydrogens (tertiary/aromatic N) is 5. The zero-order chi connectivity index (χ0) is 24.4. The largest absolute Gasteiger partial charge is 0.488 e. The van der Waals surface area contributed by atoms with Crippen molar-refractivity contribution in [2.45, 2.75) is 57.4 Å². The van der Waals surface area contributed by atoms with Crippen LogP contribution in [0.5, 0.6) is 5.75 Å². The van der Waals surface area contributed by atoms with Crippen molar-refractivity contribution in [3.63, 3.8) is 0 Å². The maximum Gasteiger partial charge on any atom is 0.186 e. The first-order valence-electron chi connectivity index (χ1n) is 12.4. The Morgan fingerprint density at radius 3 is 2.69 bits per heavy atom. The minimum Gasteiger partial charge on any atom is -0.488 e. The number of ether oxygens (including phenoxy) is 2. The van der Waals surface area contributed by atoms with Gasteiger partial charge in [-0.2, -0.15) is 0 Å². The van der Waals surface area contributed by atoms with Crippen molar-refractivity contribution in [1.29, 1.82) is 0 Å². The van der Waals surface area contributed by atoms with E-state index in [1.807, 2.05) is 20.0 Å². The number of aliphatic hydroxyl groups excluding tert-OH is 1. The predicted octanol–water partition coefficient (Wildman–Crippen LogP) is 3.29. The summed E-state index contributed by atoms with van der Waals surface area (Å²) >= 11 is 0. The molecule has 3 aliphatic rings. The van der Waals surface area contributed by atoms with E-state index in [0.717, 1.165) is 61.6 Å². The van der Waals surface area contributed by atoms with Crippen molar-refractivity contribution < 1.29 is 19.0 Å². The van der Waals surface area contributed by atoms with Gasteiger partial charge in [-0.25, -0.2) is 14.4 Å². The topological polar surface area (TPSA) is 95.3 Å². The highest BCUT2D eigenvalue weighted by Crippen LogP contribution is 2.45. The van der Waals surface area contributed by atoms with Crippen LogP contribution in [0.15, 0.2) is 23.5 Å². The fourth-order valence-electron chi connectivity index (χ4n) is 4.96. The number of anilines is 3. The third-order valence-corrected chi connectivity index (χ3v) is 7.02. The number of aryl methyl sites for hydroxylation is 1. The van der Waals surface area contributed by atoms with Crippen LogP contribution in [0.1, 0.15) is 38.3 Å². The molecule has 1 saturated heterocycles. The number of aliphatic hydroxyl groups is 1. The second-order valence-corrected chi connectivity index (χ2v) is 9.29. The van der Waals surface area contributed by atoms with Gasteiger partial charge in [-0.1, -0.05) is 6.92 Å². The summed E-state index contributed by atoms with van der Waals surface area (Å²) in [5.74, 6) is 0.650. The van der Waals surface area contributed by atoms with Crippen molar-refractivity contribution in [3.05, 3.63) is 30.0 Å². The molecule has 0 amide bonds. The number of fused-ring (bicyclic) bond motifs is 1. The van der Waals surface area contributed by atoms with E-state index in [1.165, 1.54) is 6.33 Å². The van der Waals surface area contributed by atoms with E-state index in [-0.39, 0.29) is 23.8 Å². The normalized spacial score (nSPS) is 24.3. The summed E-state index contributed by atoms with van der Waals surface area (Å²) in [6, 6.07) is 4.24. The van der Waals surface area contributed by atoms with Gasteiger partial charge in [-0.3, -0.25) is 4.99 Å². The van der Waals surface area contributed by atoms with Crippen LogP contribution >= 0.6 is 0 Å². The number of nitrogens with one attached hydrogen (secondary N) is 1. The van der Waals surface area contributed by atoms with Crippen molar-refractivity contribution in [2.75, 3.05) is 48.5 Å². The number of halogens is 1. The molecule has 1 saturated carbocycles. The minimum absolute atomic E-state index is 0.0231. The number of hydrogen-bond acceptors (Lipinski definition) is 9. The first kappa shape index (κ1) is 23.7. The average Bonchev–Trinajstić information content (AvgIpc) is 2.89. The monoisotopic (exact) mass is 484 g/mol. The second-order valence-electron chi connectivity index (χ2n) is 9.29. The molecule has 5 rings (SSSR count). The predicted molar refractivity (Wildman–Crippen MR) is 134 cm³/mol. The lowest BCUT2D eigenvalue weighted by atomic mass is 9.93. The molecular formula is C25H33FN6O3. The molecule has 188 valence electrons. The smallest absolute Gasteiger partial charge is 0.186 e. The van der Waals surface area contributed by atoms with E-state index < -0.39 is 6.23 Å². The zero-order valence-corrected chi connectivity index (χ0v) is 20.3. The van der Waals surface area contributed by atoms with Gasteiger partial charge in [0.25, 0.3) is 0 Å². The van der Waals surface area contributed by atoms with Crippen molar-refractivity contribution >= 4 is 29.1 Å². The number of aromatic nitrogens is 2. The van der Waals surface area contributed by atoms with E-state index in [2.05, 4.69) is 31.2 Å². The van der Waals surface area contributed by atoms with E-state index in [1.54, 1.807) is 11.1 Å². The van der Waals surface area contributed by atoms with Crippen LogP contribution in [-0.2, 0) is 11.2 Å². The third-order valence-electron chi connectivity index (χ3n) is 7.02. The average molecular weight is 485 g/mol. The fourth-order valence-corrected chi connectivity index (χ4v) is 4.96. The van der Waals surface area contributed by atoms with Crippen molar-refractivity contribution in [1.82, 2.24) is 9.97 Å². The number of aliphatic imine (C=N–C) groups is 1. The van der Waals surface area contributed by atoms with Gasteiger partial charge < -0.3 is 29.7 Å². The van der Waals surface area contributed by atoms with Gasteiger partial charge in [-0.15, -0.1) is 0 Å². The molecule has 3 heterocycles. The summed E-state index contributed by atoms with van der Waals surface area (Å²) in [5, 5.41) is 13.6. The molecule has 0 bridgehead atoms. The zero-order valence-electron chi connectivity index (χ0n) is 20.3. The van der Waals surface area contributed by atoms with E-state index in [0.29, 0.717) is 25.3 Å². The lowest BCUT2D eigenvalue weighted by molar-refractivity contribution is 0.122. The Labute approximate surface area is 205 Å². The van der Waals surface area contributed by atoms with Gasteiger partial charge >= 0.3 is 0 Å². The molecule has 2 N–H and O–H groups in total. The first-order valence-corrected chi connectivity index (χ1v) is 12.4. The highest BCUT2D eigenvalue weighted by molar-refractivity contribution is 5.88. The van der Waals surface area contributed by atoms with Crippen molar-refractivity contribution in [2.24, 2.45) is 4.99 Å². The molecular weight excluding hydrogens is 451 g/mol. The van der Waals surface area contributed by atoms with Gasteiger partial charge in [0.1, 0.15) is 17.8 Å². The molecule has 2 aromatic rings. The summed E-state index contributed by atoms with van der Waals surface area (Å²) in [7, 11) is 1.84. The number of benzene rings is 1. The molecule has 0 radical (unpaired) electrons. The number of hydrogen-bond donors (Lipinski definition) is 2. The Bertz CT molecular complexity index is 1070. The molecule has 2 fully saturated rings. The van der Waals surface area contributed by atoms with Gasteiger partial charge in [0.05, 0.1) is 36.9 Å². The molecule has 1 aromatic carbocycles. The van der Waals surface area contributed by atoms with E-state index >= 15 is 0 Å². The summed E-state index contributed by atoms with van der Waals surface area (Å²) < 4.78 is 26.6. The number of rotatable bonds is 6. The van der Waals surface area contributed by atoms with Crippen LogP contribution < -0.4 is 19.9 Å². The second kappa shape index (κ2) is 10.3. The lowest BCUT2D eigenvalue weighted by Crippen LogP contribution is -2.37. The van der Waals surface area contributed by atoms with Gasteiger partial charge in [0.2, 0.25) is 0 Å². The summed E-state index contributed by atoms with van der Waals surface area (Å²) in [6.45, 7) is 4.90. The third kappa shape index (κ3) is 5.04. The SMILES string of the molecule is CCc1ncnc(N[C@H]2CC[C@@H](Oc3cc(N4CCOCC4)cc4c3N(C)C(O)C=N4)CC2)c1F. The molecule has 1 aromatic heterocycles. The van der Waals surface area contributed by atoms with Crippen LogP contribution in [0.4, 0.5) is 27.3 Å². The molecule has 0 spiro atoms. The summed E-state index contributed by atoms with van der Waals surface area (Å²) in [5.41, 5.74) is 3.06. The molecule has 1 unspecified atom stereocenters. The van der Waals surface area contributed by atoms with Gasteiger partial charge in [0, 0.05) is 37.9 Å². The Balaban J connectivity index is 1.30. The maximum atomic E-state index is 14.6.